The lowest BCUT2D eigenvalue weighted by Crippen LogP contribution is -2.60. The highest BCUT2D eigenvalue weighted by molar-refractivity contribution is 9.10. The van der Waals surface area contributed by atoms with Gasteiger partial charge in [0.25, 0.3) is 11.8 Å². The second-order valence-electron chi connectivity index (χ2n) is 12.2. The van der Waals surface area contributed by atoms with Gasteiger partial charge in [-0.2, -0.15) is 0 Å². The number of benzene rings is 3. The molecule has 2 heterocycles. The van der Waals surface area contributed by atoms with Gasteiger partial charge < -0.3 is 5.11 Å². The average Bonchev–Trinajstić information content (AvgIpc) is 3.42. The molecule has 2 aliphatic heterocycles. The number of allylic oxidation sites excluding steroid dienone is 2. The van der Waals surface area contributed by atoms with Crippen molar-refractivity contribution in [3.8, 4) is 5.75 Å². The van der Waals surface area contributed by atoms with Crippen LogP contribution in [0.1, 0.15) is 29.9 Å². The number of halogens is 8. The van der Waals surface area contributed by atoms with E-state index in [1.54, 1.807) is 36.4 Å². The molecule has 3 aromatic carbocycles. The molecule has 0 radical (unpaired) electrons. The maximum absolute atomic E-state index is 15.2. The molecule has 2 aliphatic carbocycles. The van der Waals surface area contributed by atoms with Crippen molar-refractivity contribution in [2.45, 2.75) is 28.5 Å². The molecule has 1 N–H and O–H groups in total. The predicted molar refractivity (Wildman–Crippen MR) is 171 cm³/mol. The van der Waals surface area contributed by atoms with Crippen LogP contribution in [0.25, 0.3) is 6.08 Å². The van der Waals surface area contributed by atoms with E-state index >= 15 is 8.78 Å². The number of rotatable bonds is 4. The Bertz CT molecular complexity index is 2070. The zero-order valence-electron chi connectivity index (χ0n) is 24.6. The highest BCUT2D eigenvalue weighted by Gasteiger charge is 2.77. The van der Waals surface area contributed by atoms with Crippen LogP contribution in [-0.4, -0.2) is 38.5 Å². The molecule has 0 unspecified atom stereocenters. The molecule has 6 atom stereocenters. The number of hydrogen-bond donors (Lipinski definition) is 1. The molecule has 0 aromatic heterocycles. The quantitative estimate of drug-likeness (QED) is 0.0752. The normalized spacial score (nSPS) is 29.2. The first-order valence-electron chi connectivity index (χ1n) is 14.7. The Morgan fingerprint density at radius 1 is 0.837 bits per heavy atom. The molecule has 0 spiro atoms. The summed E-state index contributed by atoms with van der Waals surface area (Å²) in [5.74, 6) is -22.1. The maximum atomic E-state index is 15.2. The van der Waals surface area contributed by atoms with Crippen LogP contribution in [0.3, 0.4) is 0 Å². The molecule has 4 amide bonds. The van der Waals surface area contributed by atoms with Gasteiger partial charge in [-0.1, -0.05) is 52.4 Å². The van der Waals surface area contributed by atoms with Crippen LogP contribution in [0, 0.1) is 46.8 Å². The van der Waals surface area contributed by atoms with Crippen molar-refractivity contribution in [2.75, 3.05) is 9.80 Å². The highest BCUT2D eigenvalue weighted by atomic mass is 79.9. The number of amides is 4. The van der Waals surface area contributed by atoms with E-state index in [0.29, 0.717) is 4.47 Å². The molecule has 2 saturated heterocycles. The van der Waals surface area contributed by atoms with E-state index < -0.39 is 104 Å². The van der Waals surface area contributed by atoms with E-state index in [9.17, 15) is 37.5 Å². The largest absolute Gasteiger partial charge is 0.508 e. The molecule has 0 bridgehead atoms. The lowest BCUT2D eigenvalue weighted by Gasteiger charge is -2.50. The van der Waals surface area contributed by atoms with Crippen molar-refractivity contribution >= 4 is 80.2 Å². The van der Waals surface area contributed by atoms with Gasteiger partial charge in [-0.25, -0.2) is 26.9 Å². The second-order valence-corrected chi connectivity index (χ2v) is 14.4. The van der Waals surface area contributed by atoms with E-state index in [0.717, 1.165) is 10.5 Å². The zero-order valence-corrected chi connectivity index (χ0v) is 27.7. The summed E-state index contributed by atoms with van der Waals surface area (Å²) in [6.07, 6.45) is 2.42. The van der Waals surface area contributed by atoms with Crippen LogP contribution in [0.15, 0.2) is 65.2 Å². The number of alkyl halides is 2. The van der Waals surface area contributed by atoms with Gasteiger partial charge in [0.1, 0.15) is 11.4 Å². The molecule has 4 aliphatic rings. The van der Waals surface area contributed by atoms with E-state index in [-0.39, 0.29) is 28.1 Å². The molecule has 7 nitrogen and oxygen atoms in total. The third-order valence-electron chi connectivity index (χ3n) is 9.91. The number of anilines is 2. The number of aromatic hydroxyl groups is 1. The van der Waals surface area contributed by atoms with Crippen molar-refractivity contribution in [3.05, 3.63) is 105 Å². The molecule has 15 heteroatoms. The zero-order chi connectivity index (χ0) is 35.5. The van der Waals surface area contributed by atoms with Gasteiger partial charge in [-0.05, 0) is 54.7 Å². The molecule has 7 rings (SSSR count). The first-order chi connectivity index (χ1) is 23.1. The number of phenols is 1. The minimum atomic E-state index is -2.74. The first kappa shape index (κ1) is 33.4. The molecule has 3 fully saturated rings. The van der Waals surface area contributed by atoms with Crippen LogP contribution < -0.4 is 9.80 Å². The van der Waals surface area contributed by atoms with Crippen molar-refractivity contribution in [1.82, 2.24) is 0 Å². The van der Waals surface area contributed by atoms with Gasteiger partial charge in [0.15, 0.2) is 33.0 Å². The van der Waals surface area contributed by atoms with Crippen molar-refractivity contribution in [1.29, 1.82) is 0 Å². The Morgan fingerprint density at radius 3 is 2.06 bits per heavy atom. The fourth-order valence-corrected chi connectivity index (χ4v) is 8.99. The number of phenolic OH excluding ortho intramolecular Hbond substituents is 1. The third kappa shape index (κ3) is 4.31. The fourth-order valence-electron chi connectivity index (χ4n) is 7.68. The number of carbonyl (C=O) groups excluding carboxylic acids is 4. The highest BCUT2D eigenvalue weighted by Crippen LogP contribution is 2.67. The third-order valence-corrected chi connectivity index (χ3v) is 11.8. The van der Waals surface area contributed by atoms with Crippen molar-refractivity contribution in [2.24, 2.45) is 17.8 Å². The Morgan fingerprint density at radius 2 is 1.45 bits per heavy atom. The molecule has 1 saturated carbocycles. The number of imide groups is 2. The van der Waals surface area contributed by atoms with Crippen molar-refractivity contribution in [3.63, 3.8) is 0 Å². The Balaban J connectivity index is 1.43. The van der Waals surface area contributed by atoms with Crippen LogP contribution in [0.5, 0.6) is 5.75 Å². The summed E-state index contributed by atoms with van der Waals surface area (Å²) in [6, 6.07) is 10.4. The summed E-state index contributed by atoms with van der Waals surface area (Å²) >= 11 is 17.5. The van der Waals surface area contributed by atoms with E-state index in [1.165, 1.54) is 18.2 Å². The lowest BCUT2D eigenvalue weighted by molar-refractivity contribution is -0.125. The lowest BCUT2D eigenvalue weighted by atomic mass is 9.56. The van der Waals surface area contributed by atoms with Crippen LogP contribution in [-0.2, 0) is 19.2 Å². The van der Waals surface area contributed by atoms with E-state index in [4.69, 9.17) is 23.2 Å². The summed E-state index contributed by atoms with van der Waals surface area (Å²) in [6.45, 7) is 3.68. The summed E-state index contributed by atoms with van der Waals surface area (Å²) < 4.78 is 73.5. The van der Waals surface area contributed by atoms with Gasteiger partial charge in [0.2, 0.25) is 17.6 Å². The molecule has 3 aromatic rings. The van der Waals surface area contributed by atoms with Gasteiger partial charge in [-0.3, -0.25) is 24.1 Å². The van der Waals surface area contributed by atoms with E-state index in [2.05, 4.69) is 22.5 Å². The predicted octanol–water partition coefficient (Wildman–Crippen LogP) is 7.26. The summed E-state index contributed by atoms with van der Waals surface area (Å²) in [4.78, 5) is 51.8. The van der Waals surface area contributed by atoms with Gasteiger partial charge in [0, 0.05) is 16.0 Å². The summed E-state index contributed by atoms with van der Waals surface area (Å²) in [5, 5.41) is 11.1. The number of nitrogens with zero attached hydrogens (tertiary/aromatic N) is 2. The maximum Gasteiger partial charge on any atom is 0.258 e. The molecular formula is C34H20BrCl2F5N2O5. The van der Waals surface area contributed by atoms with Crippen LogP contribution in [0.4, 0.5) is 33.3 Å². The average molecular weight is 782 g/mol. The summed E-state index contributed by atoms with van der Waals surface area (Å²) in [7, 11) is 0. The minimum absolute atomic E-state index is 0.0423. The monoisotopic (exact) mass is 780 g/mol. The number of hydrogen-bond acceptors (Lipinski definition) is 5. The number of fused-ring (bicyclic) bond motifs is 4. The molecular weight excluding hydrogens is 762 g/mol. The topological polar surface area (TPSA) is 95.0 Å². The molecule has 252 valence electrons. The van der Waals surface area contributed by atoms with Gasteiger partial charge >= 0.3 is 0 Å². The second kappa shape index (κ2) is 11.2. The van der Waals surface area contributed by atoms with Crippen LogP contribution >= 0.6 is 39.1 Å². The number of carbonyl (C=O) groups is 4. The van der Waals surface area contributed by atoms with E-state index in [1.807, 2.05) is 0 Å². The van der Waals surface area contributed by atoms with Gasteiger partial charge in [-0.15, -0.1) is 23.2 Å². The fraction of sp³-hybridized carbons (Fsp3) is 0.235. The van der Waals surface area contributed by atoms with Crippen LogP contribution in [0.2, 0.25) is 0 Å². The standard InChI is InChI=1S/C34H20BrCl2F5N2O5/c1-2-13-3-6-15(7-4-13)43-29(46)17-9-8-16-19(21(17)30(43)47)12-33(36)31(48)44(28-26(41)24(39)23(38)25(40)27(28)42)32(49)34(33,37)22(16)18-11-14(35)5-10-20(18)45/h2-8,10-11,17,19,21-22,45H,1,9,12H2/t17-,19+,21-,22+,33+,34-/m0/s1. The minimum Gasteiger partial charge on any atom is -0.508 e. The Kier molecular flexibility index (Phi) is 7.66. The SMILES string of the molecule is C=Cc1ccc(N2C(=O)[C@H]3[C@H](CC=C4[C@H]3C[C@@]3(Cl)C(=O)N(c5c(F)c(F)c(F)c(F)c5F)C(=O)[C@@]3(Cl)[C@H]4c3cc(Br)ccc3O)C2=O)cc1. The Hall–Kier alpha value is -4.07. The Labute approximate surface area is 292 Å². The van der Waals surface area contributed by atoms with Crippen molar-refractivity contribution < 1.29 is 46.2 Å². The summed E-state index contributed by atoms with van der Waals surface area (Å²) in [5.41, 5.74) is -0.790. The smallest absolute Gasteiger partial charge is 0.258 e. The molecule has 49 heavy (non-hydrogen) atoms. The first-order valence-corrected chi connectivity index (χ1v) is 16.2. The van der Waals surface area contributed by atoms with Gasteiger partial charge in [0.05, 0.1) is 17.5 Å².